The summed E-state index contributed by atoms with van der Waals surface area (Å²) in [6.07, 6.45) is -0.912. The Morgan fingerprint density at radius 1 is 1.15 bits per heavy atom. The van der Waals surface area contributed by atoms with Gasteiger partial charge in [-0.15, -0.1) is 0 Å². The van der Waals surface area contributed by atoms with Crippen LogP contribution in [0.1, 0.15) is 11.7 Å². The van der Waals surface area contributed by atoms with E-state index in [-0.39, 0.29) is 6.61 Å². The van der Waals surface area contributed by atoms with Crippen molar-refractivity contribution in [3.05, 3.63) is 29.8 Å². The summed E-state index contributed by atoms with van der Waals surface area (Å²) in [7, 11) is -1.50. The zero-order valence-corrected chi connectivity index (χ0v) is 6.96. The van der Waals surface area contributed by atoms with Crippen molar-refractivity contribution in [1.82, 2.24) is 0 Å². The molecule has 0 aliphatic heterocycles. The maximum atomic E-state index is 9.18. The average Bonchev–Trinajstić information content (AvgIpc) is 2.17. The molecule has 0 fully saturated rings. The first-order valence-corrected chi connectivity index (χ1v) is 3.90. The Bertz CT molecular complexity index is 259. The van der Waals surface area contributed by atoms with Gasteiger partial charge in [0, 0.05) is 0 Å². The Balaban J connectivity index is 2.81. The zero-order chi connectivity index (χ0) is 9.84. The van der Waals surface area contributed by atoms with Gasteiger partial charge >= 0.3 is 7.12 Å². The van der Waals surface area contributed by atoms with Gasteiger partial charge in [-0.3, -0.25) is 0 Å². The van der Waals surface area contributed by atoms with Gasteiger partial charge in [-0.2, -0.15) is 0 Å². The normalized spacial score (nSPS) is 12.6. The van der Waals surface area contributed by atoms with Gasteiger partial charge in [0.15, 0.2) is 0 Å². The maximum absolute atomic E-state index is 9.18. The highest BCUT2D eigenvalue weighted by molar-refractivity contribution is 6.58. The number of hydrogen-bond acceptors (Lipinski definition) is 4. The number of aliphatic hydroxyl groups excluding tert-OH is 2. The molecule has 0 heterocycles. The van der Waals surface area contributed by atoms with Crippen LogP contribution in [0.2, 0.25) is 0 Å². The van der Waals surface area contributed by atoms with Crippen LogP contribution in [0, 0.1) is 0 Å². The SMILES string of the molecule is OCC(O)c1ccc(B(O)O)cc1. The van der Waals surface area contributed by atoms with Gasteiger partial charge in [-0.25, -0.2) is 0 Å². The molecule has 0 saturated carbocycles. The van der Waals surface area contributed by atoms with Gasteiger partial charge in [-0.1, -0.05) is 24.3 Å². The van der Waals surface area contributed by atoms with Gasteiger partial charge in [0.25, 0.3) is 0 Å². The van der Waals surface area contributed by atoms with Crippen molar-refractivity contribution in [3.63, 3.8) is 0 Å². The average molecular weight is 182 g/mol. The Labute approximate surface area is 76.2 Å². The first-order valence-electron chi connectivity index (χ1n) is 3.90. The smallest absolute Gasteiger partial charge is 0.423 e. The van der Waals surface area contributed by atoms with E-state index >= 15 is 0 Å². The van der Waals surface area contributed by atoms with E-state index < -0.39 is 13.2 Å². The molecule has 1 unspecified atom stereocenters. The van der Waals surface area contributed by atoms with Gasteiger partial charge in [-0.05, 0) is 11.0 Å². The summed E-state index contributed by atoms with van der Waals surface area (Å²) in [5.41, 5.74) is 0.904. The van der Waals surface area contributed by atoms with Crippen LogP contribution in [-0.2, 0) is 0 Å². The summed E-state index contributed by atoms with van der Waals surface area (Å²) < 4.78 is 0. The van der Waals surface area contributed by atoms with Crippen molar-refractivity contribution in [3.8, 4) is 0 Å². The topological polar surface area (TPSA) is 80.9 Å². The van der Waals surface area contributed by atoms with Crippen LogP contribution in [0.5, 0.6) is 0 Å². The summed E-state index contributed by atoms with van der Waals surface area (Å²) in [6, 6.07) is 6.04. The highest BCUT2D eigenvalue weighted by atomic mass is 16.4. The summed E-state index contributed by atoms with van der Waals surface area (Å²) >= 11 is 0. The zero-order valence-electron chi connectivity index (χ0n) is 6.96. The monoisotopic (exact) mass is 182 g/mol. The standard InChI is InChI=1S/C8H11BO4/c10-5-8(11)6-1-3-7(4-2-6)9(12)13/h1-4,8,10-13H,5H2. The van der Waals surface area contributed by atoms with Crippen LogP contribution in [0.25, 0.3) is 0 Å². The predicted octanol–water partition coefficient (Wildman–Crippen LogP) is -1.61. The van der Waals surface area contributed by atoms with Gasteiger partial charge in [0.05, 0.1) is 6.61 Å². The second kappa shape index (κ2) is 4.39. The third-order valence-corrected chi connectivity index (χ3v) is 1.79. The lowest BCUT2D eigenvalue weighted by atomic mass is 9.80. The van der Waals surface area contributed by atoms with E-state index in [1.807, 2.05) is 0 Å². The molecule has 1 atom stereocenters. The molecule has 0 amide bonds. The molecule has 0 aromatic heterocycles. The molecule has 0 radical (unpaired) electrons. The fourth-order valence-corrected chi connectivity index (χ4v) is 0.996. The second-order valence-corrected chi connectivity index (χ2v) is 2.74. The summed E-state index contributed by atoms with van der Waals surface area (Å²) in [5, 5.41) is 35.3. The molecule has 13 heavy (non-hydrogen) atoms. The van der Waals surface area contributed by atoms with E-state index in [0.717, 1.165) is 0 Å². The van der Waals surface area contributed by atoms with Crippen LogP contribution < -0.4 is 5.46 Å². The minimum atomic E-state index is -1.50. The van der Waals surface area contributed by atoms with E-state index in [1.54, 1.807) is 0 Å². The molecular weight excluding hydrogens is 171 g/mol. The fourth-order valence-electron chi connectivity index (χ4n) is 0.996. The van der Waals surface area contributed by atoms with Crippen molar-refractivity contribution in [1.29, 1.82) is 0 Å². The minimum absolute atomic E-state index is 0.346. The van der Waals surface area contributed by atoms with E-state index in [4.69, 9.17) is 15.2 Å². The Kier molecular flexibility index (Phi) is 3.44. The van der Waals surface area contributed by atoms with Gasteiger partial charge in [0.1, 0.15) is 6.10 Å². The van der Waals surface area contributed by atoms with E-state index in [9.17, 15) is 5.11 Å². The second-order valence-electron chi connectivity index (χ2n) is 2.74. The van der Waals surface area contributed by atoms with Crippen LogP contribution in [0.3, 0.4) is 0 Å². The molecule has 4 nitrogen and oxygen atoms in total. The molecule has 1 aromatic carbocycles. The van der Waals surface area contributed by atoms with Gasteiger partial charge < -0.3 is 20.3 Å². The molecule has 1 rings (SSSR count). The maximum Gasteiger partial charge on any atom is 0.488 e. The summed E-state index contributed by atoms with van der Waals surface area (Å²) in [6.45, 7) is -0.346. The molecule has 0 aliphatic carbocycles. The Morgan fingerprint density at radius 2 is 1.69 bits per heavy atom. The third-order valence-electron chi connectivity index (χ3n) is 1.79. The fraction of sp³-hybridized carbons (Fsp3) is 0.250. The van der Waals surface area contributed by atoms with Crippen molar-refractivity contribution >= 4 is 12.6 Å². The minimum Gasteiger partial charge on any atom is -0.423 e. The molecule has 0 aliphatic rings. The van der Waals surface area contributed by atoms with Gasteiger partial charge in [0.2, 0.25) is 0 Å². The van der Waals surface area contributed by atoms with Crippen molar-refractivity contribution in [2.45, 2.75) is 6.10 Å². The predicted molar refractivity (Wildman–Crippen MR) is 48.3 cm³/mol. The Morgan fingerprint density at radius 3 is 2.08 bits per heavy atom. The molecule has 4 N–H and O–H groups in total. The van der Waals surface area contributed by atoms with Crippen LogP contribution in [-0.4, -0.2) is 34.0 Å². The van der Waals surface area contributed by atoms with E-state index in [1.165, 1.54) is 24.3 Å². The van der Waals surface area contributed by atoms with Crippen LogP contribution >= 0.6 is 0 Å². The van der Waals surface area contributed by atoms with Crippen molar-refractivity contribution in [2.24, 2.45) is 0 Å². The number of rotatable bonds is 3. The largest absolute Gasteiger partial charge is 0.488 e. The third kappa shape index (κ3) is 2.53. The molecule has 1 aromatic rings. The van der Waals surface area contributed by atoms with E-state index in [0.29, 0.717) is 11.0 Å². The number of aliphatic hydroxyl groups is 2. The molecule has 0 saturated heterocycles. The molecule has 5 heteroatoms. The van der Waals surface area contributed by atoms with Crippen molar-refractivity contribution in [2.75, 3.05) is 6.61 Å². The van der Waals surface area contributed by atoms with E-state index in [2.05, 4.69) is 0 Å². The van der Waals surface area contributed by atoms with Crippen LogP contribution in [0.15, 0.2) is 24.3 Å². The Hall–Kier alpha value is -0.875. The summed E-state index contributed by atoms with van der Waals surface area (Å²) in [5.74, 6) is 0. The molecule has 70 valence electrons. The summed E-state index contributed by atoms with van der Waals surface area (Å²) in [4.78, 5) is 0. The lowest BCUT2D eigenvalue weighted by molar-refractivity contribution is 0.0956. The highest BCUT2D eigenvalue weighted by Gasteiger charge is 2.11. The first kappa shape index (κ1) is 10.2. The highest BCUT2D eigenvalue weighted by Crippen LogP contribution is 2.09. The number of benzene rings is 1. The molecule has 0 spiro atoms. The molecular formula is C8H11BO4. The molecule has 0 bridgehead atoms. The lowest BCUT2D eigenvalue weighted by Gasteiger charge is -2.07. The first-order chi connectivity index (χ1) is 6.15. The number of hydrogen-bond donors (Lipinski definition) is 4. The van der Waals surface area contributed by atoms with Crippen LogP contribution in [0.4, 0.5) is 0 Å². The quantitative estimate of drug-likeness (QED) is 0.424. The lowest BCUT2D eigenvalue weighted by Crippen LogP contribution is -2.29. The van der Waals surface area contributed by atoms with Crippen molar-refractivity contribution < 1.29 is 20.3 Å².